The minimum absolute atomic E-state index is 0.123. The Morgan fingerprint density at radius 2 is 2.10 bits per heavy atom. The van der Waals surface area contributed by atoms with Gasteiger partial charge in [0.2, 0.25) is 6.41 Å². The molecular weight excluding hydrogens is 387 g/mol. The van der Waals surface area contributed by atoms with Crippen LogP contribution in [0.5, 0.6) is 0 Å². The van der Waals surface area contributed by atoms with Crippen molar-refractivity contribution in [3.05, 3.63) is 53.6 Å². The summed E-state index contributed by atoms with van der Waals surface area (Å²) in [5, 5.41) is 8.75. The number of piperazine rings is 1. The Labute approximate surface area is 175 Å². The van der Waals surface area contributed by atoms with Crippen LogP contribution in [0.1, 0.15) is 18.2 Å². The normalized spacial score (nSPS) is 17.4. The second kappa shape index (κ2) is 9.64. The van der Waals surface area contributed by atoms with Crippen LogP contribution in [0.2, 0.25) is 0 Å². The fourth-order valence-electron chi connectivity index (χ4n) is 3.56. The van der Waals surface area contributed by atoms with Gasteiger partial charge in [-0.25, -0.2) is 14.2 Å². The summed E-state index contributed by atoms with van der Waals surface area (Å²) < 4.78 is 15.0. The topological polar surface area (TPSA) is 80.8 Å². The van der Waals surface area contributed by atoms with Crippen LogP contribution >= 0.6 is 0 Å². The molecule has 0 spiro atoms. The summed E-state index contributed by atoms with van der Waals surface area (Å²) in [6.07, 6.45) is 2.34. The van der Waals surface area contributed by atoms with Crippen LogP contribution in [0.3, 0.4) is 0 Å². The van der Waals surface area contributed by atoms with E-state index in [1.807, 2.05) is 18.9 Å². The highest BCUT2D eigenvalue weighted by Crippen LogP contribution is 2.21. The quantitative estimate of drug-likeness (QED) is 0.711. The number of hydrogen-bond acceptors (Lipinski definition) is 5. The average Bonchev–Trinajstić information content (AvgIpc) is 2.72. The molecule has 9 heteroatoms. The molecule has 1 aliphatic heterocycles. The fraction of sp³-hybridized carbons (Fsp3) is 0.381. The van der Waals surface area contributed by atoms with E-state index in [-0.39, 0.29) is 11.7 Å². The average molecular weight is 414 g/mol. The van der Waals surface area contributed by atoms with Crippen LogP contribution in [-0.2, 0) is 11.3 Å². The van der Waals surface area contributed by atoms with Crippen LogP contribution in [0, 0.1) is 12.7 Å². The van der Waals surface area contributed by atoms with Gasteiger partial charge in [0.15, 0.2) is 5.82 Å². The molecule has 2 aromatic rings. The largest absolute Gasteiger partial charge is 0.323 e. The predicted octanol–water partition coefficient (Wildman–Crippen LogP) is 2.68. The number of carbonyl (C=O) groups is 2. The monoisotopic (exact) mass is 414 g/mol. The molecule has 1 saturated heterocycles. The second-order valence-corrected chi connectivity index (χ2v) is 7.47. The maximum absolute atomic E-state index is 15.0. The molecule has 2 heterocycles. The summed E-state index contributed by atoms with van der Waals surface area (Å²) >= 11 is 0. The highest BCUT2D eigenvalue weighted by atomic mass is 19.1. The first kappa shape index (κ1) is 21.7. The Bertz CT molecular complexity index is 892. The van der Waals surface area contributed by atoms with Gasteiger partial charge in [-0.3, -0.25) is 19.7 Å². The summed E-state index contributed by atoms with van der Waals surface area (Å²) in [6, 6.07) is 8.09. The standard InChI is InChI=1S/C21H27FN6O2/c1-15-7-8-18(11-23-15)24-21(30)25-19-6-4-5-17(20(19)22)13-27-9-10-28(16(2)12-27)26(3)14-29/h4-8,11,14,16H,9-10,12-13H2,1-3H3,(H2,24,25,30)/t16-/m1/s1. The van der Waals surface area contributed by atoms with Crippen LogP contribution in [0.25, 0.3) is 0 Å². The number of aromatic nitrogens is 1. The molecule has 1 aromatic carbocycles. The first-order valence-electron chi connectivity index (χ1n) is 9.82. The van der Waals surface area contributed by atoms with E-state index in [4.69, 9.17) is 0 Å². The SMILES string of the molecule is Cc1ccc(NC(=O)Nc2cccc(CN3CCN(N(C)C=O)[C@H](C)C3)c2F)cn1. The Hall–Kier alpha value is -3.04. The zero-order valence-corrected chi connectivity index (χ0v) is 17.4. The Morgan fingerprint density at radius 3 is 2.77 bits per heavy atom. The Kier molecular flexibility index (Phi) is 6.96. The van der Waals surface area contributed by atoms with Gasteiger partial charge in [0.1, 0.15) is 0 Å². The summed E-state index contributed by atoms with van der Waals surface area (Å²) in [7, 11) is 1.73. The first-order chi connectivity index (χ1) is 14.4. The zero-order valence-electron chi connectivity index (χ0n) is 17.4. The molecule has 3 rings (SSSR count). The summed E-state index contributed by atoms with van der Waals surface area (Å²) in [4.78, 5) is 29.5. The maximum Gasteiger partial charge on any atom is 0.323 e. The van der Waals surface area contributed by atoms with Crippen molar-refractivity contribution in [3.63, 3.8) is 0 Å². The van der Waals surface area contributed by atoms with Crippen molar-refractivity contribution in [2.75, 3.05) is 37.3 Å². The van der Waals surface area contributed by atoms with E-state index in [9.17, 15) is 14.0 Å². The van der Waals surface area contributed by atoms with Gasteiger partial charge in [-0.15, -0.1) is 0 Å². The summed E-state index contributed by atoms with van der Waals surface area (Å²) in [6.45, 7) is 6.41. The van der Waals surface area contributed by atoms with Gasteiger partial charge >= 0.3 is 6.03 Å². The van der Waals surface area contributed by atoms with Gasteiger partial charge < -0.3 is 10.6 Å². The van der Waals surface area contributed by atoms with Crippen molar-refractivity contribution in [1.29, 1.82) is 0 Å². The molecule has 3 amide bonds. The lowest BCUT2D eigenvalue weighted by Gasteiger charge is -2.42. The number of amides is 3. The number of pyridine rings is 1. The van der Waals surface area contributed by atoms with E-state index >= 15 is 0 Å². The molecule has 2 N–H and O–H groups in total. The molecule has 1 fully saturated rings. The van der Waals surface area contributed by atoms with Crippen molar-refractivity contribution in [2.24, 2.45) is 0 Å². The minimum atomic E-state index is -0.532. The van der Waals surface area contributed by atoms with Crippen LogP contribution in [0.4, 0.5) is 20.6 Å². The molecule has 1 atom stereocenters. The third kappa shape index (κ3) is 5.31. The van der Waals surface area contributed by atoms with Crippen molar-refractivity contribution >= 4 is 23.8 Å². The van der Waals surface area contributed by atoms with Crippen LogP contribution in [-0.4, -0.2) is 65.1 Å². The molecule has 1 aromatic heterocycles. The van der Waals surface area contributed by atoms with E-state index in [0.29, 0.717) is 37.4 Å². The fourth-order valence-corrected chi connectivity index (χ4v) is 3.56. The van der Waals surface area contributed by atoms with Gasteiger partial charge in [-0.05, 0) is 32.0 Å². The summed E-state index contributed by atoms with van der Waals surface area (Å²) in [5.74, 6) is -0.449. The Balaban J connectivity index is 1.61. The summed E-state index contributed by atoms with van der Waals surface area (Å²) in [5.41, 5.74) is 2.00. The second-order valence-electron chi connectivity index (χ2n) is 7.47. The number of rotatable bonds is 6. The van der Waals surface area contributed by atoms with Crippen molar-refractivity contribution in [1.82, 2.24) is 19.9 Å². The number of hydrogen-bond donors (Lipinski definition) is 2. The van der Waals surface area contributed by atoms with Gasteiger partial charge in [0.25, 0.3) is 0 Å². The number of benzene rings is 1. The number of anilines is 2. The van der Waals surface area contributed by atoms with Gasteiger partial charge in [-0.1, -0.05) is 12.1 Å². The van der Waals surface area contributed by atoms with E-state index in [1.165, 1.54) is 6.07 Å². The lowest BCUT2D eigenvalue weighted by atomic mass is 10.1. The molecule has 0 unspecified atom stereocenters. The molecule has 0 saturated carbocycles. The molecule has 8 nitrogen and oxygen atoms in total. The van der Waals surface area contributed by atoms with Crippen LogP contribution in [0.15, 0.2) is 36.5 Å². The number of hydrazine groups is 1. The van der Waals surface area contributed by atoms with Gasteiger partial charge in [-0.2, -0.15) is 0 Å². The molecule has 1 aliphatic rings. The number of halogens is 1. The molecule has 0 aliphatic carbocycles. The lowest BCUT2D eigenvalue weighted by Crippen LogP contribution is -2.56. The molecule has 30 heavy (non-hydrogen) atoms. The lowest BCUT2D eigenvalue weighted by molar-refractivity contribution is -0.139. The van der Waals surface area contributed by atoms with E-state index < -0.39 is 11.8 Å². The van der Waals surface area contributed by atoms with E-state index in [2.05, 4.69) is 20.5 Å². The van der Waals surface area contributed by atoms with E-state index in [1.54, 1.807) is 42.5 Å². The highest BCUT2D eigenvalue weighted by Gasteiger charge is 2.26. The third-order valence-corrected chi connectivity index (χ3v) is 5.12. The molecule has 0 bridgehead atoms. The molecule has 160 valence electrons. The van der Waals surface area contributed by atoms with Crippen molar-refractivity contribution < 1.29 is 14.0 Å². The van der Waals surface area contributed by atoms with Crippen molar-refractivity contribution in [2.45, 2.75) is 26.4 Å². The number of nitrogens with one attached hydrogen (secondary N) is 2. The van der Waals surface area contributed by atoms with Gasteiger partial charge in [0, 0.05) is 50.5 Å². The molecular formula is C21H27FN6O2. The van der Waals surface area contributed by atoms with E-state index in [0.717, 1.165) is 12.1 Å². The van der Waals surface area contributed by atoms with Crippen molar-refractivity contribution in [3.8, 4) is 0 Å². The number of carbonyl (C=O) groups excluding carboxylic acids is 2. The smallest absolute Gasteiger partial charge is 0.306 e. The minimum Gasteiger partial charge on any atom is -0.306 e. The predicted molar refractivity (Wildman–Crippen MR) is 113 cm³/mol. The highest BCUT2D eigenvalue weighted by molar-refractivity contribution is 5.99. The van der Waals surface area contributed by atoms with Crippen LogP contribution < -0.4 is 10.6 Å². The number of aryl methyl sites for hydroxylation is 1. The number of urea groups is 1. The third-order valence-electron chi connectivity index (χ3n) is 5.12. The first-order valence-corrected chi connectivity index (χ1v) is 9.82. The number of nitrogens with zero attached hydrogens (tertiary/aromatic N) is 4. The molecule has 0 radical (unpaired) electrons. The van der Waals surface area contributed by atoms with Gasteiger partial charge in [0.05, 0.1) is 17.6 Å². The maximum atomic E-state index is 15.0. The Morgan fingerprint density at radius 1 is 1.30 bits per heavy atom. The zero-order chi connectivity index (χ0) is 21.7.